The molecule has 2 aromatic rings. The molecule has 0 fully saturated rings. The molecule has 0 saturated heterocycles. The van der Waals surface area contributed by atoms with Gasteiger partial charge in [0.15, 0.2) is 11.6 Å². The fourth-order valence-electron chi connectivity index (χ4n) is 6.37. The van der Waals surface area contributed by atoms with E-state index < -0.39 is 0 Å². The first-order valence-corrected chi connectivity index (χ1v) is 14.1. The number of halogens is 1. The first-order chi connectivity index (χ1) is 18.5. The van der Waals surface area contributed by atoms with Crippen LogP contribution in [0.2, 0.25) is 5.02 Å². The van der Waals surface area contributed by atoms with Crippen LogP contribution in [0.25, 0.3) is 0 Å². The van der Waals surface area contributed by atoms with Crippen molar-refractivity contribution in [2.45, 2.75) is 65.9 Å². The molecule has 0 amide bonds. The van der Waals surface area contributed by atoms with Crippen molar-refractivity contribution in [3.8, 4) is 5.75 Å². The Morgan fingerprint density at radius 2 is 1.41 bits per heavy atom. The Kier molecular flexibility index (Phi) is 7.51. The third-order valence-electron chi connectivity index (χ3n) is 8.11. The molecule has 0 saturated carbocycles. The summed E-state index contributed by atoms with van der Waals surface area (Å²) >= 11 is 6.29. The van der Waals surface area contributed by atoms with Gasteiger partial charge in [-0.25, -0.2) is 0 Å². The second-order valence-corrected chi connectivity index (χ2v) is 13.0. The number of rotatable bonds is 7. The van der Waals surface area contributed by atoms with Gasteiger partial charge in [0.1, 0.15) is 12.4 Å². The minimum absolute atomic E-state index is 0.136. The van der Waals surface area contributed by atoms with Crippen molar-refractivity contribution in [2.24, 2.45) is 10.8 Å². The van der Waals surface area contributed by atoms with Gasteiger partial charge in [0.05, 0.1) is 6.61 Å². The van der Waals surface area contributed by atoms with Gasteiger partial charge in [0, 0.05) is 65.5 Å². The lowest BCUT2D eigenvalue weighted by atomic mass is 9.63. The Hall–Kier alpha value is -2.89. The number of methoxy groups -OCH3 is 1. The van der Waals surface area contributed by atoms with Gasteiger partial charge in [-0.2, -0.15) is 0 Å². The number of carbonyl (C=O) groups is 2. The lowest BCUT2D eigenvalue weighted by Gasteiger charge is -2.49. The highest BCUT2D eigenvalue weighted by Crippen LogP contribution is 2.54. The molecular formula is C33H38ClNO4. The SMILES string of the molecule is COCCN1C2=C(C(=O)CC(C)(C)C2)C(c2ccc(OCc3ccccc3Cl)cc2)C2=C1CC(C)(C)CC2=O. The molecule has 0 radical (unpaired) electrons. The van der Waals surface area contributed by atoms with E-state index in [0.29, 0.717) is 43.4 Å². The Morgan fingerprint density at radius 3 is 1.95 bits per heavy atom. The summed E-state index contributed by atoms with van der Waals surface area (Å²) in [7, 11) is 1.69. The largest absolute Gasteiger partial charge is 0.489 e. The van der Waals surface area contributed by atoms with Crippen molar-refractivity contribution in [1.29, 1.82) is 0 Å². The maximum atomic E-state index is 13.8. The molecule has 0 atom stereocenters. The zero-order chi connectivity index (χ0) is 27.9. The molecule has 5 nitrogen and oxygen atoms in total. The summed E-state index contributed by atoms with van der Waals surface area (Å²) in [6.07, 6.45) is 2.53. The van der Waals surface area contributed by atoms with Gasteiger partial charge in [0.2, 0.25) is 0 Å². The predicted molar refractivity (Wildman–Crippen MR) is 154 cm³/mol. The average molecular weight is 548 g/mol. The number of hydrogen-bond donors (Lipinski definition) is 0. The lowest BCUT2D eigenvalue weighted by molar-refractivity contribution is -0.119. The molecule has 6 heteroatoms. The van der Waals surface area contributed by atoms with E-state index >= 15 is 0 Å². The minimum Gasteiger partial charge on any atom is -0.489 e. The second-order valence-electron chi connectivity index (χ2n) is 12.6. The van der Waals surface area contributed by atoms with Crippen LogP contribution in [0.4, 0.5) is 0 Å². The number of hydrogen-bond acceptors (Lipinski definition) is 5. The number of benzene rings is 2. The molecular weight excluding hydrogens is 510 g/mol. The Morgan fingerprint density at radius 1 is 0.846 bits per heavy atom. The topological polar surface area (TPSA) is 55.8 Å². The van der Waals surface area contributed by atoms with Gasteiger partial charge < -0.3 is 14.4 Å². The van der Waals surface area contributed by atoms with E-state index in [0.717, 1.165) is 46.5 Å². The summed E-state index contributed by atoms with van der Waals surface area (Å²) in [4.78, 5) is 29.9. The zero-order valence-electron chi connectivity index (χ0n) is 23.6. The molecule has 2 aromatic carbocycles. The highest BCUT2D eigenvalue weighted by Gasteiger charge is 2.48. The first kappa shape index (κ1) is 27.7. The molecule has 206 valence electrons. The van der Waals surface area contributed by atoms with Crippen LogP contribution in [0.3, 0.4) is 0 Å². The number of ether oxygens (including phenoxy) is 2. The molecule has 39 heavy (non-hydrogen) atoms. The molecule has 0 unspecified atom stereocenters. The highest BCUT2D eigenvalue weighted by molar-refractivity contribution is 6.31. The summed E-state index contributed by atoms with van der Waals surface area (Å²) < 4.78 is 11.5. The predicted octanol–water partition coefficient (Wildman–Crippen LogP) is 7.25. The van der Waals surface area contributed by atoms with Crippen molar-refractivity contribution in [3.63, 3.8) is 0 Å². The van der Waals surface area contributed by atoms with Crippen molar-refractivity contribution in [3.05, 3.63) is 87.2 Å². The second kappa shape index (κ2) is 10.6. The molecule has 1 aliphatic heterocycles. The van der Waals surface area contributed by atoms with Crippen molar-refractivity contribution in [2.75, 3.05) is 20.3 Å². The Balaban J connectivity index is 1.56. The maximum Gasteiger partial charge on any atom is 0.162 e. The number of carbonyl (C=O) groups excluding carboxylic acids is 2. The molecule has 0 aromatic heterocycles. The molecule has 2 aliphatic carbocycles. The van der Waals surface area contributed by atoms with Crippen molar-refractivity contribution >= 4 is 23.2 Å². The average Bonchev–Trinajstić information content (AvgIpc) is 2.85. The standard InChI is InChI=1S/C33H38ClNO4/c1-32(2)16-25-30(27(36)18-32)29(31-26(35(25)14-15-38-5)17-33(3,4)19-28(31)37)21-10-12-23(13-11-21)39-20-22-8-6-7-9-24(22)34/h6-13,29H,14-20H2,1-5H3. The van der Waals surface area contributed by atoms with Crippen LogP contribution in [-0.2, 0) is 20.9 Å². The normalized spacial score (nSPS) is 20.7. The van der Waals surface area contributed by atoms with Crippen molar-refractivity contribution < 1.29 is 19.1 Å². The van der Waals surface area contributed by atoms with Crippen LogP contribution < -0.4 is 4.74 Å². The lowest BCUT2D eigenvalue weighted by Crippen LogP contribution is -2.45. The van der Waals surface area contributed by atoms with Gasteiger partial charge in [-0.05, 0) is 47.4 Å². The summed E-state index contributed by atoms with van der Waals surface area (Å²) in [6, 6.07) is 15.5. The molecule has 0 bridgehead atoms. The number of ketones is 2. The Bertz CT molecular complexity index is 1300. The summed E-state index contributed by atoms with van der Waals surface area (Å²) in [5.74, 6) is 0.624. The van der Waals surface area contributed by atoms with Crippen molar-refractivity contribution in [1.82, 2.24) is 4.90 Å². The van der Waals surface area contributed by atoms with E-state index in [2.05, 4.69) is 32.6 Å². The molecule has 1 heterocycles. The molecule has 5 rings (SSSR count). The van der Waals surface area contributed by atoms with Gasteiger partial charge in [0.25, 0.3) is 0 Å². The van der Waals surface area contributed by atoms with Gasteiger partial charge in [-0.15, -0.1) is 0 Å². The van der Waals surface area contributed by atoms with E-state index in [9.17, 15) is 9.59 Å². The summed E-state index contributed by atoms with van der Waals surface area (Å²) in [5.41, 5.74) is 5.25. The van der Waals surface area contributed by atoms with Crippen LogP contribution in [0.1, 0.15) is 70.4 Å². The molecule has 0 spiro atoms. The zero-order valence-corrected chi connectivity index (χ0v) is 24.4. The summed E-state index contributed by atoms with van der Waals surface area (Å²) in [5, 5.41) is 0.672. The first-order valence-electron chi connectivity index (χ1n) is 13.7. The van der Waals surface area contributed by atoms with E-state index in [4.69, 9.17) is 21.1 Å². The van der Waals surface area contributed by atoms with E-state index in [1.165, 1.54) is 0 Å². The smallest absolute Gasteiger partial charge is 0.162 e. The van der Waals surface area contributed by atoms with Gasteiger partial charge in [-0.1, -0.05) is 69.6 Å². The van der Waals surface area contributed by atoms with E-state index in [1.54, 1.807) is 7.11 Å². The van der Waals surface area contributed by atoms with Crippen LogP contribution >= 0.6 is 11.6 Å². The van der Waals surface area contributed by atoms with E-state index in [1.807, 2.05) is 48.5 Å². The molecule has 3 aliphatic rings. The number of allylic oxidation sites excluding steroid dienone is 4. The quantitative estimate of drug-likeness (QED) is 0.365. The fourth-order valence-corrected chi connectivity index (χ4v) is 6.56. The van der Waals surface area contributed by atoms with Gasteiger partial charge >= 0.3 is 0 Å². The number of nitrogens with zero attached hydrogens (tertiary/aromatic N) is 1. The van der Waals surface area contributed by atoms with Gasteiger partial charge in [-0.3, -0.25) is 9.59 Å². The third-order valence-corrected chi connectivity index (χ3v) is 8.48. The number of Topliss-reactive ketones (excluding diaryl/α,β-unsaturated/α-hetero) is 2. The maximum absolute atomic E-state index is 13.8. The minimum atomic E-state index is -0.362. The van der Waals surface area contributed by atoms with Crippen LogP contribution in [0.5, 0.6) is 5.75 Å². The molecule has 0 N–H and O–H groups in total. The fraction of sp³-hybridized carbons (Fsp3) is 0.455. The van der Waals surface area contributed by atoms with Crippen LogP contribution in [0, 0.1) is 10.8 Å². The van der Waals surface area contributed by atoms with Crippen LogP contribution in [0.15, 0.2) is 71.1 Å². The summed E-state index contributed by atoms with van der Waals surface area (Å²) in [6.45, 7) is 10.1. The highest BCUT2D eigenvalue weighted by atomic mass is 35.5. The van der Waals surface area contributed by atoms with Crippen LogP contribution in [-0.4, -0.2) is 36.7 Å². The Labute approximate surface area is 236 Å². The van der Waals surface area contributed by atoms with E-state index in [-0.39, 0.29) is 28.3 Å². The third kappa shape index (κ3) is 5.57. The monoisotopic (exact) mass is 547 g/mol.